The van der Waals surface area contributed by atoms with Gasteiger partial charge in [-0.15, -0.1) is 0 Å². The normalized spacial score (nSPS) is 21.6. The quantitative estimate of drug-likeness (QED) is 0.901. The number of piperidine rings is 1. The van der Waals surface area contributed by atoms with Gasteiger partial charge in [0.25, 0.3) is 0 Å². The standard InChI is InChI=1S/C16H21NO5/c1-4-17-14(18)8-6-11(16(19)20)15(17)10-5-7-12(21-2)13(9-10)22-3/h5,7,9,11,15H,4,6,8H2,1-3H3,(H,19,20). The second kappa shape index (κ2) is 6.68. The summed E-state index contributed by atoms with van der Waals surface area (Å²) in [6, 6.07) is 4.80. The van der Waals surface area contributed by atoms with E-state index in [9.17, 15) is 14.7 Å². The van der Waals surface area contributed by atoms with Gasteiger partial charge in [0.15, 0.2) is 11.5 Å². The van der Waals surface area contributed by atoms with E-state index in [1.54, 1.807) is 30.2 Å². The summed E-state index contributed by atoms with van der Waals surface area (Å²) in [6.07, 6.45) is 0.623. The first kappa shape index (κ1) is 16.1. The highest BCUT2D eigenvalue weighted by atomic mass is 16.5. The number of carbonyl (C=O) groups excluding carboxylic acids is 1. The number of carbonyl (C=O) groups is 2. The van der Waals surface area contributed by atoms with Gasteiger partial charge in [0, 0.05) is 13.0 Å². The highest BCUT2D eigenvalue weighted by molar-refractivity contribution is 5.81. The zero-order chi connectivity index (χ0) is 16.3. The summed E-state index contributed by atoms with van der Waals surface area (Å²) in [5, 5.41) is 9.50. The summed E-state index contributed by atoms with van der Waals surface area (Å²) in [6.45, 7) is 2.33. The van der Waals surface area contributed by atoms with Gasteiger partial charge in [-0.1, -0.05) is 6.07 Å². The molecule has 0 radical (unpaired) electrons. The number of rotatable bonds is 5. The third kappa shape index (κ3) is 2.86. The van der Waals surface area contributed by atoms with Crippen LogP contribution in [-0.2, 0) is 9.59 Å². The van der Waals surface area contributed by atoms with E-state index in [-0.39, 0.29) is 12.3 Å². The van der Waals surface area contributed by atoms with E-state index in [1.807, 2.05) is 6.92 Å². The van der Waals surface area contributed by atoms with Crippen molar-refractivity contribution in [2.45, 2.75) is 25.8 Å². The van der Waals surface area contributed by atoms with Crippen LogP contribution in [0, 0.1) is 5.92 Å². The predicted octanol–water partition coefficient (Wildman–Crippen LogP) is 2.09. The van der Waals surface area contributed by atoms with Gasteiger partial charge < -0.3 is 19.5 Å². The van der Waals surface area contributed by atoms with Gasteiger partial charge in [-0.2, -0.15) is 0 Å². The highest BCUT2D eigenvalue weighted by Crippen LogP contribution is 2.39. The second-order valence-electron chi connectivity index (χ2n) is 5.22. The van der Waals surface area contributed by atoms with Crippen molar-refractivity contribution in [1.29, 1.82) is 0 Å². The maximum absolute atomic E-state index is 12.1. The van der Waals surface area contributed by atoms with E-state index in [1.165, 1.54) is 7.11 Å². The molecule has 6 heteroatoms. The van der Waals surface area contributed by atoms with Crippen molar-refractivity contribution >= 4 is 11.9 Å². The van der Waals surface area contributed by atoms with E-state index in [0.29, 0.717) is 24.5 Å². The zero-order valence-electron chi connectivity index (χ0n) is 13.0. The van der Waals surface area contributed by atoms with Crippen molar-refractivity contribution in [1.82, 2.24) is 4.90 Å². The van der Waals surface area contributed by atoms with Crippen LogP contribution < -0.4 is 9.47 Å². The summed E-state index contributed by atoms with van der Waals surface area (Å²) < 4.78 is 10.5. The van der Waals surface area contributed by atoms with Crippen LogP contribution >= 0.6 is 0 Å². The fraction of sp³-hybridized carbons (Fsp3) is 0.500. The predicted molar refractivity (Wildman–Crippen MR) is 80.0 cm³/mol. The molecule has 1 aliphatic rings. The minimum Gasteiger partial charge on any atom is -0.493 e. The number of carboxylic acid groups (broad SMARTS) is 1. The second-order valence-corrected chi connectivity index (χ2v) is 5.22. The Morgan fingerprint density at radius 1 is 1.32 bits per heavy atom. The Bertz CT molecular complexity index is 570. The molecule has 1 saturated heterocycles. The minimum atomic E-state index is -0.884. The highest BCUT2D eigenvalue weighted by Gasteiger charge is 2.40. The molecule has 1 amide bonds. The van der Waals surface area contributed by atoms with Crippen molar-refractivity contribution in [2.75, 3.05) is 20.8 Å². The molecule has 0 aromatic heterocycles. The molecule has 1 aliphatic heterocycles. The van der Waals surface area contributed by atoms with E-state index < -0.39 is 17.9 Å². The molecule has 1 aromatic rings. The van der Waals surface area contributed by atoms with Gasteiger partial charge in [-0.3, -0.25) is 9.59 Å². The maximum atomic E-state index is 12.1. The van der Waals surface area contributed by atoms with Crippen LogP contribution in [0.3, 0.4) is 0 Å². The third-order valence-electron chi connectivity index (χ3n) is 4.11. The molecule has 1 heterocycles. The Labute approximate surface area is 129 Å². The lowest BCUT2D eigenvalue weighted by Gasteiger charge is -2.39. The molecule has 2 rings (SSSR count). The lowest BCUT2D eigenvalue weighted by atomic mass is 9.84. The van der Waals surface area contributed by atoms with Gasteiger partial charge in [-0.25, -0.2) is 0 Å². The van der Waals surface area contributed by atoms with Crippen LogP contribution in [-0.4, -0.2) is 42.6 Å². The number of carboxylic acids is 1. The molecule has 22 heavy (non-hydrogen) atoms. The molecule has 0 saturated carbocycles. The molecule has 1 N–H and O–H groups in total. The number of ether oxygens (including phenoxy) is 2. The lowest BCUT2D eigenvalue weighted by molar-refractivity contribution is -0.151. The number of amides is 1. The Hall–Kier alpha value is -2.24. The fourth-order valence-corrected chi connectivity index (χ4v) is 3.03. The van der Waals surface area contributed by atoms with Gasteiger partial charge in [0.05, 0.1) is 26.2 Å². The first-order valence-electron chi connectivity index (χ1n) is 7.27. The van der Waals surface area contributed by atoms with Gasteiger partial charge >= 0.3 is 5.97 Å². The number of benzene rings is 1. The van der Waals surface area contributed by atoms with Gasteiger partial charge in [0.1, 0.15) is 0 Å². The summed E-state index contributed by atoms with van der Waals surface area (Å²) in [5.74, 6) is -0.414. The molecular weight excluding hydrogens is 286 g/mol. The topological polar surface area (TPSA) is 76.1 Å². The first-order chi connectivity index (χ1) is 10.5. The molecule has 120 valence electrons. The Kier molecular flexibility index (Phi) is 4.90. The lowest BCUT2D eigenvalue weighted by Crippen LogP contribution is -2.45. The molecule has 2 atom stereocenters. The van der Waals surface area contributed by atoms with Crippen LogP contribution in [0.2, 0.25) is 0 Å². The molecule has 0 spiro atoms. The number of aliphatic carboxylic acids is 1. The molecule has 1 aromatic carbocycles. The van der Waals surface area contributed by atoms with Crippen LogP contribution in [0.1, 0.15) is 31.4 Å². The summed E-state index contributed by atoms with van der Waals surface area (Å²) in [5.41, 5.74) is 0.750. The number of nitrogens with zero attached hydrogens (tertiary/aromatic N) is 1. The molecule has 1 fully saturated rings. The number of likely N-dealkylation sites (tertiary alicyclic amines) is 1. The first-order valence-corrected chi connectivity index (χ1v) is 7.27. The van der Waals surface area contributed by atoms with Crippen LogP contribution in [0.4, 0.5) is 0 Å². The summed E-state index contributed by atoms with van der Waals surface area (Å²) in [4.78, 5) is 25.4. The summed E-state index contributed by atoms with van der Waals surface area (Å²) in [7, 11) is 3.07. The number of hydrogen-bond acceptors (Lipinski definition) is 4. The SMILES string of the molecule is CCN1C(=O)CCC(C(=O)O)C1c1ccc(OC)c(OC)c1. The molecule has 0 bridgehead atoms. The average Bonchev–Trinajstić information content (AvgIpc) is 2.53. The number of methoxy groups -OCH3 is 2. The summed E-state index contributed by atoms with van der Waals surface area (Å²) >= 11 is 0. The molecule has 2 unspecified atom stereocenters. The monoisotopic (exact) mass is 307 g/mol. The molecule has 6 nitrogen and oxygen atoms in total. The maximum Gasteiger partial charge on any atom is 0.308 e. The van der Waals surface area contributed by atoms with Crippen LogP contribution in [0.15, 0.2) is 18.2 Å². The van der Waals surface area contributed by atoms with Crippen molar-refractivity contribution in [3.8, 4) is 11.5 Å². The minimum absolute atomic E-state index is 0.0141. The van der Waals surface area contributed by atoms with Crippen molar-refractivity contribution in [3.05, 3.63) is 23.8 Å². The number of hydrogen-bond donors (Lipinski definition) is 1. The van der Waals surface area contributed by atoms with Gasteiger partial charge in [-0.05, 0) is 31.0 Å². The Morgan fingerprint density at radius 2 is 2.00 bits per heavy atom. The van der Waals surface area contributed by atoms with E-state index in [0.717, 1.165) is 5.56 Å². The van der Waals surface area contributed by atoms with E-state index in [2.05, 4.69) is 0 Å². The van der Waals surface area contributed by atoms with Crippen molar-refractivity contribution < 1.29 is 24.2 Å². The van der Waals surface area contributed by atoms with Crippen LogP contribution in [0.5, 0.6) is 11.5 Å². The third-order valence-corrected chi connectivity index (χ3v) is 4.11. The van der Waals surface area contributed by atoms with Crippen LogP contribution in [0.25, 0.3) is 0 Å². The Balaban J connectivity index is 2.47. The molecular formula is C16H21NO5. The average molecular weight is 307 g/mol. The van der Waals surface area contributed by atoms with Crippen molar-refractivity contribution in [2.24, 2.45) is 5.92 Å². The fourth-order valence-electron chi connectivity index (χ4n) is 3.03. The van der Waals surface area contributed by atoms with E-state index >= 15 is 0 Å². The Morgan fingerprint density at radius 3 is 2.55 bits per heavy atom. The largest absolute Gasteiger partial charge is 0.493 e. The zero-order valence-corrected chi connectivity index (χ0v) is 13.0. The van der Waals surface area contributed by atoms with Gasteiger partial charge in [0.2, 0.25) is 5.91 Å². The van der Waals surface area contributed by atoms with Crippen molar-refractivity contribution in [3.63, 3.8) is 0 Å². The van der Waals surface area contributed by atoms with E-state index in [4.69, 9.17) is 9.47 Å². The molecule has 0 aliphatic carbocycles. The smallest absolute Gasteiger partial charge is 0.308 e.